The van der Waals surface area contributed by atoms with Crippen LogP contribution in [-0.4, -0.2) is 50.8 Å². The smallest absolute Gasteiger partial charge is 0.218 e. The Morgan fingerprint density at radius 3 is 2.50 bits per heavy atom. The Morgan fingerprint density at radius 1 is 1.30 bits per heavy atom. The van der Waals surface area contributed by atoms with Gasteiger partial charge in [0.1, 0.15) is 0 Å². The first-order chi connectivity index (χ1) is 9.31. The third kappa shape index (κ3) is 3.13. The average Bonchev–Trinajstić information content (AvgIpc) is 2.75. The Bertz CT molecular complexity index is 572. The summed E-state index contributed by atoms with van der Waals surface area (Å²) in [5.74, 6) is 0.319. The van der Waals surface area contributed by atoms with Crippen molar-refractivity contribution in [3.8, 4) is 0 Å². The van der Waals surface area contributed by atoms with Crippen LogP contribution in [0.5, 0.6) is 0 Å². The van der Waals surface area contributed by atoms with Crippen LogP contribution >= 0.6 is 0 Å². The van der Waals surface area contributed by atoms with E-state index in [4.69, 9.17) is 5.73 Å². The van der Waals surface area contributed by atoms with Crippen molar-refractivity contribution in [1.82, 2.24) is 9.21 Å². The second-order valence-electron chi connectivity index (χ2n) is 5.78. The number of sulfonamides is 1. The fourth-order valence-corrected chi connectivity index (χ4v) is 4.44. The molecule has 20 heavy (non-hydrogen) atoms. The molecule has 1 aliphatic rings. The van der Waals surface area contributed by atoms with Crippen molar-refractivity contribution in [2.45, 2.75) is 18.7 Å². The van der Waals surface area contributed by atoms with Gasteiger partial charge in [-0.25, -0.2) is 8.42 Å². The van der Waals surface area contributed by atoms with E-state index < -0.39 is 10.0 Å². The van der Waals surface area contributed by atoms with E-state index in [1.165, 1.54) is 0 Å². The summed E-state index contributed by atoms with van der Waals surface area (Å²) < 4.78 is 26.6. The van der Waals surface area contributed by atoms with Gasteiger partial charge < -0.3 is 10.6 Å². The standard InChI is InChI=1S/C14H23N3O2S/c1-11-8-17(9-14(11)16(2)3)20(18,19)10-12-6-4-5-7-13(12)15/h4-7,11,14H,8-10,15H2,1-3H3. The topological polar surface area (TPSA) is 66.6 Å². The van der Waals surface area contributed by atoms with Crippen LogP contribution in [0.4, 0.5) is 5.69 Å². The zero-order chi connectivity index (χ0) is 14.9. The molecule has 0 aromatic heterocycles. The minimum atomic E-state index is -3.31. The second kappa shape index (κ2) is 5.71. The summed E-state index contributed by atoms with van der Waals surface area (Å²) in [7, 11) is 0.677. The fourth-order valence-electron chi connectivity index (χ4n) is 2.76. The highest BCUT2D eigenvalue weighted by Crippen LogP contribution is 2.25. The zero-order valence-corrected chi connectivity index (χ0v) is 13.1. The summed E-state index contributed by atoms with van der Waals surface area (Å²) in [6.45, 7) is 3.23. The molecule has 0 aliphatic carbocycles. The fraction of sp³-hybridized carbons (Fsp3) is 0.571. The van der Waals surface area contributed by atoms with Gasteiger partial charge in [-0.2, -0.15) is 4.31 Å². The van der Waals surface area contributed by atoms with Gasteiger partial charge in [-0.1, -0.05) is 25.1 Å². The quantitative estimate of drug-likeness (QED) is 0.841. The van der Waals surface area contributed by atoms with Crippen molar-refractivity contribution >= 4 is 15.7 Å². The molecule has 1 heterocycles. The lowest BCUT2D eigenvalue weighted by Gasteiger charge is -2.22. The van der Waals surface area contributed by atoms with E-state index in [1.54, 1.807) is 16.4 Å². The van der Waals surface area contributed by atoms with Gasteiger partial charge in [0.2, 0.25) is 10.0 Å². The lowest BCUT2D eigenvalue weighted by Crippen LogP contribution is -2.36. The number of hydrogen-bond donors (Lipinski definition) is 1. The number of likely N-dealkylation sites (N-methyl/N-ethyl adjacent to an activating group) is 1. The van der Waals surface area contributed by atoms with E-state index >= 15 is 0 Å². The minimum Gasteiger partial charge on any atom is -0.398 e. The Morgan fingerprint density at radius 2 is 1.95 bits per heavy atom. The van der Waals surface area contributed by atoms with Crippen molar-refractivity contribution < 1.29 is 8.42 Å². The van der Waals surface area contributed by atoms with Crippen molar-refractivity contribution in [3.05, 3.63) is 29.8 Å². The molecule has 2 N–H and O–H groups in total. The maximum Gasteiger partial charge on any atom is 0.218 e. The Hall–Kier alpha value is -1.11. The maximum absolute atomic E-state index is 12.5. The molecule has 0 spiro atoms. The van der Waals surface area contributed by atoms with Crippen LogP contribution in [0.25, 0.3) is 0 Å². The van der Waals surface area contributed by atoms with Gasteiger partial charge in [0, 0.05) is 24.8 Å². The molecule has 0 saturated carbocycles. The number of hydrogen-bond acceptors (Lipinski definition) is 4. The van der Waals surface area contributed by atoms with Crippen LogP contribution < -0.4 is 5.73 Å². The first kappa shape index (κ1) is 15.3. The largest absolute Gasteiger partial charge is 0.398 e. The Balaban J connectivity index is 2.15. The molecule has 5 nitrogen and oxygen atoms in total. The highest BCUT2D eigenvalue weighted by atomic mass is 32.2. The predicted molar refractivity (Wildman–Crippen MR) is 81.7 cm³/mol. The monoisotopic (exact) mass is 297 g/mol. The van der Waals surface area contributed by atoms with E-state index in [0.717, 1.165) is 0 Å². The molecule has 2 unspecified atom stereocenters. The molecule has 112 valence electrons. The first-order valence-corrected chi connectivity index (χ1v) is 8.40. The van der Waals surface area contributed by atoms with Crippen LogP contribution in [0, 0.1) is 5.92 Å². The summed E-state index contributed by atoms with van der Waals surface area (Å²) in [5, 5.41) is 0. The van der Waals surface area contributed by atoms with Gasteiger partial charge in [-0.05, 0) is 31.6 Å². The van der Waals surface area contributed by atoms with Crippen LogP contribution in [-0.2, 0) is 15.8 Å². The lowest BCUT2D eigenvalue weighted by molar-refractivity contribution is 0.263. The van der Waals surface area contributed by atoms with Crippen LogP contribution in [0.2, 0.25) is 0 Å². The molecular weight excluding hydrogens is 274 g/mol. The van der Waals surface area contributed by atoms with Crippen LogP contribution in [0.3, 0.4) is 0 Å². The van der Waals surface area contributed by atoms with Crippen molar-refractivity contribution in [1.29, 1.82) is 0 Å². The number of rotatable bonds is 4. The number of nitrogens with zero attached hydrogens (tertiary/aromatic N) is 2. The summed E-state index contributed by atoms with van der Waals surface area (Å²) in [6, 6.07) is 7.41. The first-order valence-electron chi connectivity index (χ1n) is 6.79. The molecule has 1 aromatic carbocycles. The van der Waals surface area contributed by atoms with Gasteiger partial charge in [-0.15, -0.1) is 0 Å². The molecule has 2 rings (SSSR count). The van der Waals surface area contributed by atoms with Crippen LogP contribution in [0.1, 0.15) is 12.5 Å². The number of nitrogen functional groups attached to an aromatic ring is 1. The molecule has 2 atom stereocenters. The highest BCUT2D eigenvalue weighted by Gasteiger charge is 2.37. The number of anilines is 1. The van der Waals surface area contributed by atoms with E-state index in [0.29, 0.717) is 30.3 Å². The Labute approximate surface area is 121 Å². The van der Waals surface area contributed by atoms with Crippen LogP contribution in [0.15, 0.2) is 24.3 Å². The van der Waals surface area contributed by atoms with E-state index in [2.05, 4.69) is 11.8 Å². The molecule has 1 aliphatic heterocycles. The molecule has 0 bridgehead atoms. The maximum atomic E-state index is 12.5. The van der Waals surface area contributed by atoms with Gasteiger partial charge in [0.25, 0.3) is 0 Å². The summed E-state index contributed by atoms with van der Waals surface area (Å²) in [5.41, 5.74) is 7.05. The van der Waals surface area contributed by atoms with Crippen molar-refractivity contribution in [2.75, 3.05) is 32.9 Å². The molecule has 1 aromatic rings. The van der Waals surface area contributed by atoms with Crippen molar-refractivity contribution in [3.63, 3.8) is 0 Å². The second-order valence-corrected chi connectivity index (χ2v) is 7.75. The molecular formula is C14H23N3O2S. The normalized spacial score (nSPS) is 24.4. The number of nitrogens with two attached hydrogens (primary N) is 1. The lowest BCUT2D eigenvalue weighted by atomic mass is 10.1. The number of para-hydroxylation sites is 1. The SMILES string of the molecule is CC1CN(S(=O)(=O)Cc2ccccc2N)CC1N(C)C. The highest BCUT2D eigenvalue weighted by molar-refractivity contribution is 7.88. The van der Waals surface area contributed by atoms with E-state index in [9.17, 15) is 8.42 Å². The third-order valence-corrected chi connectivity index (χ3v) is 5.75. The summed E-state index contributed by atoms with van der Waals surface area (Å²) >= 11 is 0. The third-order valence-electron chi connectivity index (χ3n) is 3.99. The number of benzene rings is 1. The predicted octanol–water partition coefficient (Wildman–Crippen LogP) is 0.981. The molecule has 0 amide bonds. The molecule has 0 radical (unpaired) electrons. The van der Waals surface area contributed by atoms with E-state index in [-0.39, 0.29) is 11.8 Å². The van der Waals surface area contributed by atoms with Gasteiger partial charge in [0.15, 0.2) is 0 Å². The molecule has 6 heteroatoms. The average molecular weight is 297 g/mol. The van der Waals surface area contributed by atoms with Gasteiger partial charge >= 0.3 is 0 Å². The zero-order valence-electron chi connectivity index (χ0n) is 12.3. The Kier molecular flexibility index (Phi) is 4.36. The van der Waals surface area contributed by atoms with Gasteiger partial charge in [-0.3, -0.25) is 0 Å². The molecule has 1 fully saturated rings. The molecule has 1 saturated heterocycles. The van der Waals surface area contributed by atoms with E-state index in [1.807, 2.05) is 26.2 Å². The minimum absolute atomic E-state index is 0.0213. The van der Waals surface area contributed by atoms with Crippen molar-refractivity contribution in [2.24, 2.45) is 5.92 Å². The summed E-state index contributed by atoms with van der Waals surface area (Å²) in [6.07, 6.45) is 0. The summed E-state index contributed by atoms with van der Waals surface area (Å²) in [4.78, 5) is 2.09. The van der Waals surface area contributed by atoms with Gasteiger partial charge in [0.05, 0.1) is 5.75 Å².